The van der Waals surface area contributed by atoms with Crippen molar-refractivity contribution in [2.75, 3.05) is 21.2 Å². The average Bonchev–Trinajstić information content (AvgIpc) is 2.91. The second-order valence-corrected chi connectivity index (χ2v) is 6.61. The van der Waals surface area contributed by atoms with Crippen LogP contribution in [0.1, 0.15) is 42.6 Å². The highest BCUT2D eigenvalue weighted by Crippen LogP contribution is 2.28. The normalized spacial score (nSPS) is 12.3. The van der Waals surface area contributed by atoms with Crippen molar-refractivity contribution in [3.05, 3.63) is 47.2 Å². The van der Waals surface area contributed by atoms with Gasteiger partial charge in [0.15, 0.2) is 0 Å². The van der Waals surface area contributed by atoms with E-state index in [4.69, 9.17) is 4.74 Å². The molecule has 0 unspecified atom stereocenters. The van der Waals surface area contributed by atoms with Crippen LogP contribution in [0.4, 0.5) is 0 Å². The van der Waals surface area contributed by atoms with Crippen LogP contribution in [0.5, 0.6) is 5.88 Å². The van der Waals surface area contributed by atoms with Gasteiger partial charge in [-0.25, -0.2) is 4.68 Å². The minimum absolute atomic E-state index is 0.0140. The van der Waals surface area contributed by atoms with Crippen molar-refractivity contribution in [2.24, 2.45) is 7.05 Å². The van der Waals surface area contributed by atoms with Crippen LogP contribution in [0, 0.1) is 0 Å². The van der Waals surface area contributed by atoms with Gasteiger partial charge in [-0.15, -0.1) is 0 Å². The molecule has 0 aliphatic rings. The van der Waals surface area contributed by atoms with Crippen molar-refractivity contribution in [3.63, 3.8) is 0 Å². The third-order valence-corrected chi connectivity index (χ3v) is 4.16. The minimum atomic E-state index is -0.416. The smallest absolute Gasteiger partial charge is 0.243 e. The molecule has 1 aromatic carbocycles. The number of aromatic nitrogens is 2. The number of carbonyl (C=O) groups excluding carboxylic acids is 1. The molecule has 6 nitrogen and oxygen atoms in total. The Morgan fingerprint density at radius 1 is 1.28 bits per heavy atom. The number of ether oxygens (including phenoxy) is 1. The molecule has 1 heterocycles. The van der Waals surface area contributed by atoms with Crippen molar-refractivity contribution < 1.29 is 9.53 Å². The summed E-state index contributed by atoms with van der Waals surface area (Å²) < 4.78 is 7.27. The molecule has 6 heteroatoms. The predicted molar refractivity (Wildman–Crippen MR) is 98.6 cm³/mol. The van der Waals surface area contributed by atoms with E-state index in [1.807, 2.05) is 37.4 Å². The number of amides is 1. The van der Waals surface area contributed by atoms with Crippen molar-refractivity contribution in [1.82, 2.24) is 20.0 Å². The van der Waals surface area contributed by atoms with E-state index in [9.17, 15) is 4.79 Å². The molecule has 2 aromatic rings. The van der Waals surface area contributed by atoms with Crippen LogP contribution in [0.3, 0.4) is 0 Å². The third kappa shape index (κ3) is 4.20. The fourth-order valence-corrected chi connectivity index (χ4v) is 2.91. The molecule has 1 amide bonds. The number of nitrogens with zero attached hydrogens (tertiary/aromatic N) is 3. The number of rotatable bonds is 7. The highest BCUT2D eigenvalue weighted by atomic mass is 16.5. The summed E-state index contributed by atoms with van der Waals surface area (Å²) >= 11 is 0. The number of carbonyl (C=O) groups is 1. The van der Waals surface area contributed by atoms with Gasteiger partial charge < -0.3 is 9.64 Å². The van der Waals surface area contributed by atoms with E-state index < -0.39 is 6.04 Å². The number of aryl methyl sites for hydroxylation is 1. The fourth-order valence-electron chi connectivity index (χ4n) is 2.91. The van der Waals surface area contributed by atoms with E-state index in [1.165, 1.54) is 0 Å². The third-order valence-electron chi connectivity index (χ3n) is 4.16. The molecule has 1 atom stereocenters. The summed E-state index contributed by atoms with van der Waals surface area (Å²) in [6.07, 6.45) is 0. The Hall–Kier alpha value is -2.34. The Morgan fingerprint density at radius 3 is 2.44 bits per heavy atom. The van der Waals surface area contributed by atoms with Crippen LogP contribution in [-0.2, 0) is 18.4 Å². The first kappa shape index (κ1) is 19.0. The molecule has 1 N–H and O–H groups in total. The van der Waals surface area contributed by atoms with Crippen LogP contribution < -0.4 is 10.1 Å². The lowest BCUT2D eigenvalue weighted by Crippen LogP contribution is -2.36. The number of likely N-dealkylation sites (N-methyl/N-ethyl adjacent to an activating group) is 1. The second kappa shape index (κ2) is 8.16. The molecule has 0 aliphatic carbocycles. The van der Waals surface area contributed by atoms with Crippen LogP contribution >= 0.6 is 0 Å². The van der Waals surface area contributed by atoms with Crippen LogP contribution in [0.2, 0.25) is 0 Å². The summed E-state index contributed by atoms with van der Waals surface area (Å²) in [6.45, 7) is 4.71. The van der Waals surface area contributed by atoms with Gasteiger partial charge in [0.2, 0.25) is 11.8 Å². The monoisotopic (exact) mass is 344 g/mol. The van der Waals surface area contributed by atoms with Crippen LogP contribution in [-0.4, -0.2) is 41.8 Å². The van der Waals surface area contributed by atoms with Crippen LogP contribution in [0.25, 0.3) is 0 Å². The maximum Gasteiger partial charge on any atom is 0.243 e. The Kier molecular flexibility index (Phi) is 6.20. The number of methoxy groups -OCH3 is 1. The lowest BCUT2D eigenvalue weighted by Gasteiger charge is -2.22. The predicted octanol–water partition coefficient (Wildman–Crippen LogP) is 2.47. The topological polar surface area (TPSA) is 59.4 Å². The van der Waals surface area contributed by atoms with Gasteiger partial charge >= 0.3 is 0 Å². The number of hydrogen-bond acceptors (Lipinski definition) is 4. The van der Waals surface area contributed by atoms with E-state index in [-0.39, 0.29) is 11.8 Å². The summed E-state index contributed by atoms with van der Waals surface area (Å²) in [4.78, 5) is 14.3. The first-order chi connectivity index (χ1) is 11.9. The quantitative estimate of drug-likeness (QED) is 0.838. The summed E-state index contributed by atoms with van der Waals surface area (Å²) in [5.74, 6) is 1.01. The lowest BCUT2D eigenvalue weighted by molar-refractivity contribution is -0.131. The molecule has 0 aliphatic heterocycles. The van der Waals surface area contributed by atoms with Gasteiger partial charge in [0.1, 0.15) is 6.04 Å². The first-order valence-corrected chi connectivity index (χ1v) is 8.46. The summed E-state index contributed by atoms with van der Waals surface area (Å²) in [5, 5.41) is 7.96. The summed E-state index contributed by atoms with van der Waals surface area (Å²) in [6, 6.07) is 9.34. The highest BCUT2D eigenvalue weighted by molar-refractivity contribution is 5.82. The molecular weight excluding hydrogens is 316 g/mol. The summed E-state index contributed by atoms with van der Waals surface area (Å²) in [7, 11) is 7.05. The molecule has 0 bridgehead atoms. The van der Waals surface area contributed by atoms with Gasteiger partial charge in [-0.2, -0.15) is 5.10 Å². The molecule has 136 valence electrons. The van der Waals surface area contributed by atoms with Gasteiger partial charge in [-0.1, -0.05) is 44.2 Å². The van der Waals surface area contributed by atoms with E-state index in [0.29, 0.717) is 6.54 Å². The average molecular weight is 344 g/mol. The molecule has 0 radical (unpaired) electrons. The lowest BCUT2D eigenvalue weighted by atomic mass is 10.0. The maximum atomic E-state index is 12.7. The molecule has 0 saturated heterocycles. The van der Waals surface area contributed by atoms with E-state index in [1.54, 1.807) is 30.8 Å². The van der Waals surface area contributed by atoms with Crippen molar-refractivity contribution in [3.8, 4) is 5.88 Å². The Balaban J connectivity index is 2.31. The molecule has 25 heavy (non-hydrogen) atoms. The fraction of sp³-hybridized carbons (Fsp3) is 0.474. The molecule has 0 spiro atoms. The zero-order valence-electron chi connectivity index (χ0n) is 15.9. The molecule has 1 aromatic heterocycles. The van der Waals surface area contributed by atoms with Gasteiger partial charge in [0, 0.05) is 27.7 Å². The van der Waals surface area contributed by atoms with Crippen LogP contribution in [0.15, 0.2) is 30.3 Å². The summed E-state index contributed by atoms with van der Waals surface area (Å²) in [5.41, 5.74) is 2.92. The van der Waals surface area contributed by atoms with E-state index in [0.717, 1.165) is 22.7 Å². The van der Waals surface area contributed by atoms with Gasteiger partial charge in [0.05, 0.1) is 18.4 Å². The number of hydrogen-bond donors (Lipinski definition) is 1. The highest BCUT2D eigenvalue weighted by Gasteiger charge is 2.25. The molecular formula is C19H28N4O2. The molecule has 2 rings (SSSR count). The Morgan fingerprint density at radius 2 is 1.92 bits per heavy atom. The zero-order valence-corrected chi connectivity index (χ0v) is 15.9. The first-order valence-electron chi connectivity index (χ1n) is 8.46. The van der Waals surface area contributed by atoms with Gasteiger partial charge in [0.25, 0.3) is 0 Å². The van der Waals surface area contributed by atoms with Crippen molar-refractivity contribution in [2.45, 2.75) is 32.4 Å². The standard InChI is InChI=1S/C19H28N4O2/c1-13(2)16-15(19(25-6)23(5)21-16)12-20-17(18(24)22(3)4)14-10-8-7-9-11-14/h7-11,13,17,20H,12H2,1-6H3/t17-/m0/s1. The van der Waals surface area contributed by atoms with E-state index in [2.05, 4.69) is 24.3 Å². The second-order valence-electron chi connectivity index (χ2n) is 6.61. The van der Waals surface area contributed by atoms with E-state index >= 15 is 0 Å². The van der Waals surface area contributed by atoms with Gasteiger partial charge in [-0.05, 0) is 11.5 Å². The maximum absolute atomic E-state index is 12.7. The zero-order chi connectivity index (χ0) is 18.6. The van der Waals surface area contributed by atoms with Gasteiger partial charge in [-0.3, -0.25) is 10.1 Å². The SMILES string of the molecule is COc1c(CN[C@H](C(=O)N(C)C)c2ccccc2)c(C(C)C)nn1C. The molecule has 0 fully saturated rings. The molecule has 0 saturated carbocycles. The largest absolute Gasteiger partial charge is 0.481 e. The number of nitrogens with one attached hydrogen (secondary N) is 1. The Bertz CT molecular complexity index is 708. The van der Waals surface area contributed by atoms with Crippen molar-refractivity contribution in [1.29, 1.82) is 0 Å². The van der Waals surface area contributed by atoms with Crippen molar-refractivity contribution >= 4 is 5.91 Å². The minimum Gasteiger partial charge on any atom is -0.481 e. The Labute approximate surface area is 149 Å². The number of benzene rings is 1.